The Morgan fingerprint density at radius 3 is 2.81 bits per heavy atom. The van der Waals surface area contributed by atoms with Crippen LogP contribution in [0, 0.1) is 0 Å². The van der Waals surface area contributed by atoms with Crippen LogP contribution in [0.1, 0.15) is 17.0 Å². The lowest BCUT2D eigenvalue weighted by Gasteiger charge is -2.18. The van der Waals surface area contributed by atoms with E-state index >= 15 is 0 Å². The van der Waals surface area contributed by atoms with E-state index in [1.54, 1.807) is 7.11 Å². The van der Waals surface area contributed by atoms with Gasteiger partial charge in [0.2, 0.25) is 5.76 Å². The maximum absolute atomic E-state index is 11.8. The maximum Gasteiger partial charge on any atom is 0.294 e. The first-order valence-electron chi connectivity index (χ1n) is 6.86. The van der Waals surface area contributed by atoms with Crippen LogP contribution in [0.15, 0.2) is 41.1 Å². The van der Waals surface area contributed by atoms with Gasteiger partial charge in [0.1, 0.15) is 0 Å². The number of nitrogens with one attached hydrogen (secondary N) is 1. The number of aromatic nitrogens is 1. The van der Waals surface area contributed by atoms with Crippen LogP contribution in [-0.2, 0) is 4.74 Å². The van der Waals surface area contributed by atoms with Crippen molar-refractivity contribution in [3.05, 3.63) is 42.3 Å². The quantitative estimate of drug-likeness (QED) is 0.933. The number of carbonyl (C=O) groups is 1. The van der Waals surface area contributed by atoms with E-state index in [-0.39, 0.29) is 11.7 Å². The molecule has 1 amide bonds. The molecule has 1 aromatic carbocycles. The summed E-state index contributed by atoms with van der Waals surface area (Å²) in [6, 6.07) is 9.27. The lowest BCUT2D eigenvalue weighted by Crippen LogP contribution is -2.22. The first-order valence-corrected chi connectivity index (χ1v) is 6.86. The molecular formula is C15H17N3O3. The third kappa shape index (κ3) is 3.05. The van der Waals surface area contributed by atoms with Crippen molar-refractivity contribution in [2.75, 3.05) is 30.4 Å². The van der Waals surface area contributed by atoms with Crippen molar-refractivity contribution < 1.29 is 14.1 Å². The normalized spacial score (nSPS) is 18.0. The van der Waals surface area contributed by atoms with Gasteiger partial charge in [-0.3, -0.25) is 4.79 Å². The van der Waals surface area contributed by atoms with Gasteiger partial charge in [-0.15, -0.1) is 0 Å². The van der Waals surface area contributed by atoms with Gasteiger partial charge in [0.15, 0.2) is 0 Å². The second kappa shape index (κ2) is 5.97. The molecule has 3 rings (SSSR count). The summed E-state index contributed by atoms with van der Waals surface area (Å²) in [5.74, 6) is -0.109. The molecule has 6 heteroatoms. The van der Waals surface area contributed by atoms with Gasteiger partial charge in [-0.1, -0.05) is 5.16 Å². The molecule has 0 unspecified atom stereocenters. The lowest BCUT2D eigenvalue weighted by atomic mass is 10.2. The summed E-state index contributed by atoms with van der Waals surface area (Å²) < 4.78 is 10.2. The fourth-order valence-electron chi connectivity index (χ4n) is 2.44. The summed E-state index contributed by atoms with van der Waals surface area (Å²) in [5.41, 5.74) is 1.86. The molecule has 21 heavy (non-hydrogen) atoms. The molecular weight excluding hydrogens is 270 g/mol. The highest BCUT2D eigenvalue weighted by Crippen LogP contribution is 2.23. The zero-order chi connectivity index (χ0) is 14.7. The highest BCUT2D eigenvalue weighted by atomic mass is 16.5. The van der Waals surface area contributed by atoms with Crippen LogP contribution in [0.25, 0.3) is 0 Å². The van der Waals surface area contributed by atoms with E-state index in [4.69, 9.17) is 9.26 Å². The van der Waals surface area contributed by atoms with Crippen molar-refractivity contribution in [1.82, 2.24) is 5.16 Å². The number of hydrogen-bond donors (Lipinski definition) is 1. The number of amides is 1. The smallest absolute Gasteiger partial charge is 0.294 e. The van der Waals surface area contributed by atoms with E-state index in [0.29, 0.717) is 6.10 Å². The Morgan fingerprint density at radius 1 is 1.38 bits per heavy atom. The summed E-state index contributed by atoms with van der Waals surface area (Å²) in [4.78, 5) is 14.1. The third-order valence-corrected chi connectivity index (χ3v) is 3.63. The summed E-state index contributed by atoms with van der Waals surface area (Å²) in [6.07, 6.45) is 2.79. The lowest BCUT2D eigenvalue weighted by molar-refractivity contribution is 0.0988. The molecule has 2 aromatic rings. The molecule has 0 radical (unpaired) electrons. The van der Waals surface area contributed by atoms with Gasteiger partial charge in [-0.05, 0) is 30.7 Å². The van der Waals surface area contributed by atoms with E-state index in [0.717, 1.165) is 30.9 Å². The fraction of sp³-hybridized carbons (Fsp3) is 0.333. The Labute approximate surface area is 122 Å². The average molecular weight is 287 g/mol. The molecule has 0 saturated carbocycles. The van der Waals surface area contributed by atoms with Crippen LogP contribution in [0.5, 0.6) is 0 Å². The number of anilines is 2. The highest BCUT2D eigenvalue weighted by Gasteiger charge is 2.22. The first-order chi connectivity index (χ1) is 10.3. The number of carbonyl (C=O) groups excluding carboxylic acids is 1. The second-order valence-electron chi connectivity index (χ2n) is 4.97. The molecule has 0 spiro atoms. The van der Waals surface area contributed by atoms with Gasteiger partial charge in [0, 0.05) is 37.6 Å². The zero-order valence-electron chi connectivity index (χ0n) is 11.8. The molecule has 6 nitrogen and oxygen atoms in total. The van der Waals surface area contributed by atoms with Gasteiger partial charge in [0.05, 0.1) is 12.3 Å². The highest BCUT2D eigenvalue weighted by molar-refractivity contribution is 6.02. The standard InChI is InChI=1S/C15H17N3O3/c1-20-13-7-9-18(10-13)12-4-2-11(3-5-12)17-15(19)14-6-8-16-21-14/h2-6,8,13H,7,9-10H2,1H3,(H,17,19)/t13-/m0/s1. The summed E-state index contributed by atoms with van der Waals surface area (Å²) >= 11 is 0. The largest absolute Gasteiger partial charge is 0.380 e. The van der Waals surface area contributed by atoms with Crippen molar-refractivity contribution >= 4 is 17.3 Å². The van der Waals surface area contributed by atoms with E-state index in [2.05, 4.69) is 15.4 Å². The van der Waals surface area contributed by atoms with Crippen molar-refractivity contribution in [1.29, 1.82) is 0 Å². The van der Waals surface area contributed by atoms with Crippen LogP contribution in [0.4, 0.5) is 11.4 Å². The molecule has 1 atom stereocenters. The SMILES string of the molecule is CO[C@H]1CCN(c2ccc(NC(=O)c3ccno3)cc2)C1. The van der Waals surface area contributed by atoms with E-state index in [9.17, 15) is 4.79 Å². The molecule has 2 heterocycles. The molecule has 1 N–H and O–H groups in total. The third-order valence-electron chi connectivity index (χ3n) is 3.63. The molecule has 1 aliphatic rings. The predicted octanol–water partition coefficient (Wildman–Crippen LogP) is 2.15. The minimum absolute atomic E-state index is 0.196. The van der Waals surface area contributed by atoms with Crippen LogP contribution in [0.2, 0.25) is 0 Å². The molecule has 1 aromatic heterocycles. The average Bonchev–Trinajstić information content (AvgIpc) is 3.19. The number of methoxy groups -OCH3 is 1. The van der Waals surface area contributed by atoms with Crippen molar-refractivity contribution in [2.24, 2.45) is 0 Å². The molecule has 0 bridgehead atoms. The minimum Gasteiger partial charge on any atom is -0.380 e. The summed E-state index contributed by atoms with van der Waals surface area (Å²) in [7, 11) is 1.75. The van der Waals surface area contributed by atoms with Crippen molar-refractivity contribution in [2.45, 2.75) is 12.5 Å². The first kappa shape index (κ1) is 13.6. The Morgan fingerprint density at radius 2 is 2.19 bits per heavy atom. The van der Waals surface area contributed by atoms with Gasteiger partial charge in [-0.2, -0.15) is 0 Å². The number of hydrogen-bond acceptors (Lipinski definition) is 5. The Kier molecular flexibility index (Phi) is 3.87. The number of rotatable bonds is 4. The van der Waals surface area contributed by atoms with Crippen LogP contribution in [-0.4, -0.2) is 37.4 Å². The minimum atomic E-state index is -0.305. The Hall–Kier alpha value is -2.34. The number of nitrogens with zero attached hydrogens (tertiary/aromatic N) is 2. The predicted molar refractivity (Wildman–Crippen MR) is 78.5 cm³/mol. The van der Waals surface area contributed by atoms with Gasteiger partial charge >= 0.3 is 0 Å². The molecule has 1 fully saturated rings. The number of benzene rings is 1. The molecule has 0 aliphatic carbocycles. The topological polar surface area (TPSA) is 67.6 Å². The Balaban J connectivity index is 1.63. The van der Waals surface area contributed by atoms with Gasteiger partial charge in [-0.25, -0.2) is 0 Å². The van der Waals surface area contributed by atoms with E-state index in [1.807, 2.05) is 24.3 Å². The maximum atomic E-state index is 11.8. The van der Waals surface area contributed by atoms with E-state index in [1.165, 1.54) is 12.3 Å². The van der Waals surface area contributed by atoms with Crippen molar-refractivity contribution in [3.63, 3.8) is 0 Å². The zero-order valence-corrected chi connectivity index (χ0v) is 11.8. The van der Waals surface area contributed by atoms with E-state index < -0.39 is 0 Å². The monoisotopic (exact) mass is 287 g/mol. The fourth-order valence-corrected chi connectivity index (χ4v) is 2.44. The second-order valence-corrected chi connectivity index (χ2v) is 4.97. The van der Waals surface area contributed by atoms with Crippen LogP contribution in [0.3, 0.4) is 0 Å². The molecule has 110 valence electrons. The number of ether oxygens (including phenoxy) is 1. The van der Waals surface area contributed by atoms with Crippen LogP contribution < -0.4 is 10.2 Å². The van der Waals surface area contributed by atoms with Gasteiger partial charge in [0.25, 0.3) is 5.91 Å². The van der Waals surface area contributed by atoms with Crippen LogP contribution >= 0.6 is 0 Å². The molecule has 1 aliphatic heterocycles. The Bertz CT molecular complexity index is 595. The summed E-state index contributed by atoms with van der Waals surface area (Å²) in [5, 5.41) is 6.28. The van der Waals surface area contributed by atoms with Crippen molar-refractivity contribution in [3.8, 4) is 0 Å². The summed E-state index contributed by atoms with van der Waals surface area (Å²) in [6.45, 7) is 1.89. The van der Waals surface area contributed by atoms with Gasteiger partial charge < -0.3 is 19.5 Å². The molecule has 1 saturated heterocycles.